The highest BCUT2D eigenvalue weighted by molar-refractivity contribution is 5.92. The third kappa shape index (κ3) is 6.87. The molecule has 0 aromatic heterocycles. The zero-order valence-corrected chi connectivity index (χ0v) is 17.0. The standard InChI is InChI=1S/C21H31N3O4/c1-15(2)23-21(27)22-14-17-8-10-18(11-9-17)20(26)28-16(3)19(25)24-12-6-4-5-7-13-24/h8-11,15-16H,4-7,12-14H2,1-3H3,(H2,22,23,27)/t16-/m0/s1. The Balaban J connectivity index is 1.84. The molecule has 0 bridgehead atoms. The van der Waals surface area contributed by atoms with E-state index in [1.807, 2.05) is 13.8 Å². The van der Waals surface area contributed by atoms with Crippen LogP contribution in [0.25, 0.3) is 0 Å². The van der Waals surface area contributed by atoms with Gasteiger partial charge in [0.1, 0.15) is 0 Å². The highest BCUT2D eigenvalue weighted by Gasteiger charge is 2.24. The third-order valence-corrected chi connectivity index (χ3v) is 4.61. The van der Waals surface area contributed by atoms with Crippen molar-refractivity contribution in [1.82, 2.24) is 15.5 Å². The van der Waals surface area contributed by atoms with Crippen molar-refractivity contribution in [2.24, 2.45) is 0 Å². The summed E-state index contributed by atoms with van der Waals surface area (Å²) in [5, 5.41) is 5.50. The molecule has 1 aromatic rings. The van der Waals surface area contributed by atoms with Crippen molar-refractivity contribution in [2.45, 2.75) is 65.1 Å². The Bertz CT molecular complexity index is 665. The summed E-state index contributed by atoms with van der Waals surface area (Å²) < 4.78 is 5.36. The van der Waals surface area contributed by atoms with Crippen LogP contribution in [0.4, 0.5) is 4.79 Å². The number of likely N-dealkylation sites (tertiary alicyclic amines) is 1. The molecule has 1 saturated heterocycles. The van der Waals surface area contributed by atoms with E-state index in [1.54, 1.807) is 36.1 Å². The lowest BCUT2D eigenvalue weighted by Gasteiger charge is -2.24. The minimum absolute atomic E-state index is 0.0659. The lowest BCUT2D eigenvalue weighted by Crippen LogP contribution is -2.40. The van der Waals surface area contributed by atoms with E-state index in [4.69, 9.17) is 4.74 Å². The second-order valence-corrected chi connectivity index (χ2v) is 7.47. The summed E-state index contributed by atoms with van der Waals surface area (Å²) in [5.41, 5.74) is 1.25. The molecule has 7 nitrogen and oxygen atoms in total. The molecule has 1 aliphatic heterocycles. The minimum Gasteiger partial charge on any atom is -0.449 e. The Morgan fingerprint density at radius 1 is 1.00 bits per heavy atom. The maximum absolute atomic E-state index is 12.5. The van der Waals surface area contributed by atoms with Crippen LogP contribution in [0.5, 0.6) is 0 Å². The van der Waals surface area contributed by atoms with Gasteiger partial charge < -0.3 is 20.3 Å². The van der Waals surface area contributed by atoms with Gasteiger partial charge in [-0.1, -0.05) is 25.0 Å². The second kappa shape index (κ2) is 10.7. The first kappa shape index (κ1) is 21.7. The molecule has 1 aromatic carbocycles. The van der Waals surface area contributed by atoms with Gasteiger partial charge in [-0.3, -0.25) is 4.79 Å². The predicted molar refractivity (Wildman–Crippen MR) is 107 cm³/mol. The minimum atomic E-state index is -0.799. The van der Waals surface area contributed by atoms with Crippen LogP contribution in [0.1, 0.15) is 62.4 Å². The van der Waals surface area contributed by atoms with Gasteiger partial charge in [0.2, 0.25) is 0 Å². The molecular formula is C21H31N3O4. The van der Waals surface area contributed by atoms with Crippen molar-refractivity contribution < 1.29 is 19.1 Å². The average molecular weight is 389 g/mol. The van der Waals surface area contributed by atoms with E-state index in [0.717, 1.165) is 44.3 Å². The van der Waals surface area contributed by atoms with E-state index in [9.17, 15) is 14.4 Å². The van der Waals surface area contributed by atoms with Gasteiger partial charge in [0.25, 0.3) is 5.91 Å². The van der Waals surface area contributed by atoms with E-state index in [0.29, 0.717) is 12.1 Å². The number of benzene rings is 1. The first-order valence-corrected chi connectivity index (χ1v) is 10.00. The molecule has 7 heteroatoms. The summed E-state index contributed by atoms with van der Waals surface area (Å²) in [6.07, 6.45) is 3.47. The molecule has 1 atom stereocenters. The molecule has 0 aliphatic carbocycles. The second-order valence-electron chi connectivity index (χ2n) is 7.47. The number of carbonyl (C=O) groups is 3. The molecule has 28 heavy (non-hydrogen) atoms. The fourth-order valence-corrected chi connectivity index (χ4v) is 3.08. The largest absolute Gasteiger partial charge is 0.449 e. The molecule has 154 valence electrons. The highest BCUT2D eigenvalue weighted by atomic mass is 16.5. The quantitative estimate of drug-likeness (QED) is 0.733. The van der Waals surface area contributed by atoms with E-state index < -0.39 is 12.1 Å². The van der Waals surface area contributed by atoms with Gasteiger partial charge in [0.15, 0.2) is 6.10 Å². The van der Waals surface area contributed by atoms with Gasteiger partial charge in [0, 0.05) is 25.7 Å². The van der Waals surface area contributed by atoms with Crippen LogP contribution in [-0.4, -0.2) is 48.0 Å². The smallest absolute Gasteiger partial charge is 0.338 e. The van der Waals surface area contributed by atoms with Crippen molar-refractivity contribution >= 4 is 17.9 Å². The predicted octanol–water partition coefficient (Wildman–Crippen LogP) is 2.84. The van der Waals surface area contributed by atoms with Crippen molar-refractivity contribution in [3.05, 3.63) is 35.4 Å². The molecule has 3 amide bonds. The van der Waals surface area contributed by atoms with E-state index in [1.165, 1.54) is 0 Å². The summed E-state index contributed by atoms with van der Waals surface area (Å²) in [4.78, 5) is 38.2. The number of hydrogen-bond donors (Lipinski definition) is 2. The van der Waals surface area contributed by atoms with E-state index >= 15 is 0 Å². The number of rotatable bonds is 6. The zero-order chi connectivity index (χ0) is 20.5. The fourth-order valence-electron chi connectivity index (χ4n) is 3.08. The lowest BCUT2D eigenvalue weighted by molar-refractivity contribution is -0.139. The molecule has 0 unspecified atom stereocenters. The van der Waals surface area contributed by atoms with Crippen LogP contribution in [-0.2, 0) is 16.1 Å². The molecule has 0 spiro atoms. The monoisotopic (exact) mass is 389 g/mol. The van der Waals surface area contributed by atoms with E-state index in [-0.39, 0.29) is 18.0 Å². The first-order chi connectivity index (χ1) is 13.4. The number of nitrogens with zero attached hydrogens (tertiary/aromatic N) is 1. The van der Waals surface area contributed by atoms with Crippen LogP contribution in [0.3, 0.4) is 0 Å². The summed E-state index contributed by atoms with van der Waals surface area (Å²) in [6.45, 7) is 7.21. The van der Waals surface area contributed by atoms with Crippen molar-refractivity contribution in [2.75, 3.05) is 13.1 Å². The summed E-state index contributed by atoms with van der Waals surface area (Å²) in [7, 11) is 0. The van der Waals surface area contributed by atoms with Crippen LogP contribution >= 0.6 is 0 Å². The number of hydrogen-bond acceptors (Lipinski definition) is 4. The normalized spacial score (nSPS) is 15.5. The highest BCUT2D eigenvalue weighted by Crippen LogP contribution is 2.13. The van der Waals surface area contributed by atoms with Crippen molar-refractivity contribution in [3.63, 3.8) is 0 Å². The summed E-state index contributed by atoms with van der Waals surface area (Å²) in [6, 6.07) is 6.63. The summed E-state index contributed by atoms with van der Waals surface area (Å²) >= 11 is 0. The van der Waals surface area contributed by atoms with E-state index in [2.05, 4.69) is 10.6 Å². The van der Waals surface area contributed by atoms with Crippen molar-refractivity contribution in [3.8, 4) is 0 Å². The third-order valence-electron chi connectivity index (χ3n) is 4.61. The van der Waals surface area contributed by atoms with Gasteiger partial charge in [0.05, 0.1) is 5.56 Å². The lowest BCUT2D eigenvalue weighted by atomic mass is 10.1. The molecule has 1 aliphatic rings. The molecular weight excluding hydrogens is 358 g/mol. The Morgan fingerprint density at radius 2 is 1.61 bits per heavy atom. The Morgan fingerprint density at radius 3 is 2.18 bits per heavy atom. The fraction of sp³-hybridized carbons (Fsp3) is 0.571. The van der Waals surface area contributed by atoms with Gasteiger partial charge in [-0.05, 0) is 51.3 Å². The first-order valence-electron chi connectivity index (χ1n) is 10.00. The van der Waals surface area contributed by atoms with Crippen LogP contribution in [0, 0.1) is 0 Å². The Labute approximate surface area is 166 Å². The molecule has 2 N–H and O–H groups in total. The van der Waals surface area contributed by atoms with Gasteiger partial charge in [-0.25, -0.2) is 9.59 Å². The molecule has 0 radical (unpaired) electrons. The average Bonchev–Trinajstić information content (AvgIpc) is 2.95. The number of esters is 1. The van der Waals surface area contributed by atoms with Gasteiger partial charge >= 0.3 is 12.0 Å². The Kier molecular flexibility index (Phi) is 8.29. The van der Waals surface area contributed by atoms with Crippen LogP contribution < -0.4 is 10.6 Å². The van der Waals surface area contributed by atoms with Crippen molar-refractivity contribution in [1.29, 1.82) is 0 Å². The number of nitrogens with one attached hydrogen (secondary N) is 2. The van der Waals surface area contributed by atoms with Crippen LogP contribution in [0.15, 0.2) is 24.3 Å². The number of urea groups is 1. The van der Waals surface area contributed by atoms with Crippen LogP contribution in [0.2, 0.25) is 0 Å². The number of ether oxygens (including phenoxy) is 1. The zero-order valence-electron chi connectivity index (χ0n) is 17.0. The van der Waals surface area contributed by atoms with Gasteiger partial charge in [-0.2, -0.15) is 0 Å². The number of amides is 3. The molecule has 1 heterocycles. The summed E-state index contributed by atoms with van der Waals surface area (Å²) in [5.74, 6) is -0.653. The topological polar surface area (TPSA) is 87.7 Å². The SMILES string of the molecule is CC(C)NC(=O)NCc1ccc(C(=O)O[C@@H](C)C(=O)N2CCCCCC2)cc1. The van der Waals surface area contributed by atoms with Gasteiger partial charge in [-0.15, -0.1) is 0 Å². The molecule has 1 fully saturated rings. The maximum Gasteiger partial charge on any atom is 0.338 e. The molecule has 2 rings (SSSR count). The molecule has 0 saturated carbocycles. The maximum atomic E-state index is 12.5. The number of carbonyl (C=O) groups excluding carboxylic acids is 3. The Hall–Kier alpha value is -2.57.